The molecule has 0 unspecified atom stereocenters. The molecule has 1 saturated heterocycles. The summed E-state index contributed by atoms with van der Waals surface area (Å²) in [6.45, 7) is 9.89. The first-order valence-corrected chi connectivity index (χ1v) is 14.5. The molecule has 5 aromatic rings. The van der Waals surface area contributed by atoms with E-state index in [1.807, 2.05) is 44.0 Å². The van der Waals surface area contributed by atoms with E-state index in [4.69, 9.17) is 39.3 Å². The molecule has 1 aliphatic rings. The molecular formula is C28H33N9OS2. The summed E-state index contributed by atoms with van der Waals surface area (Å²) in [7, 11) is 1.96. The minimum absolute atomic E-state index is 0.560. The van der Waals surface area contributed by atoms with Gasteiger partial charge < -0.3 is 14.6 Å². The number of pyridine rings is 1. The topological polar surface area (TPSA) is 82.9 Å². The number of aryl methyl sites for hydroxylation is 3. The van der Waals surface area contributed by atoms with Crippen LogP contribution in [0, 0.1) is 9.41 Å². The van der Waals surface area contributed by atoms with E-state index in [-0.39, 0.29) is 0 Å². The molecule has 0 saturated carbocycles. The number of hydrogen-bond donors (Lipinski definition) is 1. The molecule has 1 N–H and O–H groups in total. The number of ether oxygens (including phenoxy) is 1. The maximum atomic E-state index is 6.11. The number of aromatic nitrogens is 7. The number of rotatable bonds is 8. The van der Waals surface area contributed by atoms with Crippen molar-refractivity contribution in [3.8, 4) is 5.82 Å². The Labute approximate surface area is 242 Å². The quantitative estimate of drug-likeness (QED) is 0.258. The van der Waals surface area contributed by atoms with Gasteiger partial charge in [-0.05, 0) is 55.4 Å². The van der Waals surface area contributed by atoms with Gasteiger partial charge in [-0.25, -0.2) is 4.98 Å². The fraction of sp³-hybridized carbons (Fsp3) is 0.393. The first kappa shape index (κ1) is 26.8. The Morgan fingerprint density at radius 3 is 2.52 bits per heavy atom. The minimum atomic E-state index is 0.560. The maximum Gasteiger partial charge on any atom is 0.187 e. The summed E-state index contributed by atoms with van der Waals surface area (Å²) in [6.07, 6.45) is 4.70. The fourth-order valence-electron chi connectivity index (χ4n) is 5.24. The van der Waals surface area contributed by atoms with E-state index in [9.17, 15) is 0 Å². The van der Waals surface area contributed by atoms with Crippen molar-refractivity contribution in [3.63, 3.8) is 0 Å². The van der Waals surface area contributed by atoms with Gasteiger partial charge in [0.2, 0.25) is 0 Å². The molecule has 0 amide bonds. The van der Waals surface area contributed by atoms with Crippen molar-refractivity contribution < 1.29 is 4.74 Å². The van der Waals surface area contributed by atoms with Crippen LogP contribution in [-0.2, 0) is 31.3 Å². The summed E-state index contributed by atoms with van der Waals surface area (Å²) in [5, 5.41) is 14.2. The van der Waals surface area contributed by atoms with E-state index < -0.39 is 0 Å². The third-order valence-corrected chi connectivity index (χ3v) is 8.36. The second-order valence-electron chi connectivity index (χ2n) is 9.94. The molecule has 0 atom stereocenters. The second-order valence-corrected chi connectivity index (χ2v) is 10.7. The number of hydrogen-bond acceptors (Lipinski definition) is 8. The SMILES string of the molecule is CCc1ccc(-n2c(=S)c3c(c(Nc4ccc5c(cnn5CC)c4)nn3CCN3CCOCC3)n(C)c2=S)nc1. The zero-order valence-electron chi connectivity index (χ0n) is 23.0. The zero-order chi connectivity index (χ0) is 27.8. The van der Waals surface area contributed by atoms with Gasteiger partial charge in [0.15, 0.2) is 10.6 Å². The van der Waals surface area contributed by atoms with Crippen LogP contribution < -0.4 is 5.32 Å². The summed E-state index contributed by atoms with van der Waals surface area (Å²) in [6, 6.07) is 10.3. The standard InChI is InChI=1S/C28H33N9OS2/c1-4-19-6-9-23(29-17-19)37-27(39)25-24(33(3)28(37)40)26(32-36(25)11-10-34-12-14-38-15-13-34)31-21-7-8-22-20(16-21)18-30-35(22)5-2/h6-9,16-18H,4-5,10-15H2,1-3H3,(H,31,32). The van der Waals surface area contributed by atoms with Crippen molar-refractivity contribution in [1.82, 2.24) is 38.6 Å². The van der Waals surface area contributed by atoms with Crippen LogP contribution in [0.15, 0.2) is 42.7 Å². The lowest BCUT2D eigenvalue weighted by molar-refractivity contribution is 0.0361. The lowest BCUT2D eigenvalue weighted by Gasteiger charge is -2.26. The molecule has 12 heteroatoms. The number of nitrogens with zero attached hydrogens (tertiary/aromatic N) is 8. The molecule has 6 rings (SSSR count). The first-order valence-electron chi connectivity index (χ1n) is 13.7. The highest BCUT2D eigenvalue weighted by atomic mass is 32.1. The van der Waals surface area contributed by atoms with Gasteiger partial charge in [-0.3, -0.25) is 18.8 Å². The Balaban J connectivity index is 1.47. The minimum Gasteiger partial charge on any atom is -0.379 e. The van der Waals surface area contributed by atoms with Crippen molar-refractivity contribution in [2.45, 2.75) is 33.4 Å². The van der Waals surface area contributed by atoms with Crippen LogP contribution in [0.25, 0.3) is 27.8 Å². The summed E-state index contributed by atoms with van der Waals surface area (Å²) >= 11 is 12.1. The van der Waals surface area contributed by atoms with Crippen molar-refractivity contribution >= 4 is 57.9 Å². The predicted molar refractivity (Wildman–Crippen MR) is 163 cm³/mol. The zero-order valence-corrected chi connectivity index (χ0v) is 24.6. The molecular weight excluding hydrogens is 543 g/mol. The van der Waals surface area contributed by atoms with Crippen LogP contribution in [0.1, 0.15) is 19.4 Å². The molecule has 1 aliphatic heterocycles. The third kappa shape index (κ3) is 4.85. The summed E-state index contributed by atoms with van der Waals surface area (Å²) in [5.41, 5.74) is 4.90. The van der Waals surface area contributed by atoms with E-state index in [1.54, 1.807) is 0 Å². The van der Waals surface area contributed by atoms with Crippen LogP contribution in [0.3, 0.4) is 0 Å². The Hall–Kier alpha value is -3.45. The number of fused-ring (bicyclic) bond motifs is 2. The summed E-state index contributed by atoms with van der Waals surface area (Å²) in [5.74, 6) is 1.42. The molecule has 1 fully saturated rings. The van der Waals surface area contributed by atoms with Crippen molar-refractivity contribution in [2.75, 3.05) is 38.2 Å². The predicted octanol–water partition coefficient (Wildman–Crippen LogP) is 5.03. The molecule has 4 aromatic heterocycles. The van der Waals surface area contributed by atoms with Gasteiger partial charge in [-0.2, -0.15) is 10.2 Å². The Morgan fingerprint density at radius 2 is 1.80 bits per heavy atom. The van der Waals surface area contributed by atoms with Crippen LogP contribution in [-0.4, -0.2) is 71.4 Å². The maximum absolute atomic E-state index is 6.11. The average Bonchev–Trinajstić information content (AvgIpc) is 3.57. The molecule has 0 aliphatic carbocycles. The van der Waals surface area contributed by atoms with E-state index in [0.29, 0.717) is 27.6 Å². The normalized spacial score (nSPS) is 14.4. The average molecular weight is 576 g/mol. The van der Waals surface area contributed by atoms with Gasteiger partial charge in [-0.15, -0.1) is 0 Å². The van der Waals surface area contributed by atoms with E-state index in [0.717, 1.165) is 79.0 Å². The number of nitrogens with one attached hydrogen (secondary N) is 1. The number of morpholine rings is 1. The van der Waals surface area contributed by atoms with Crippen LogP contribution in [0.5, 0.6) is 0 Å². The van der Waals surface area contributed by atoms with Gasteiger partial charge in [0.1, 0.15) is 21.5 Å². The Bertz CT molecular complexity index is 1790. The van der Waals surface area contributed by atoms with Crippen LogP contribution >= 0.6 is 24.4 Å². The van der Waals surface area contributed by atoms with Gasteiger partial charge in [0, 0.05) is 50.5 Å². The Morgan fingerprint density at radius 1 is 0.975 bits per heavy atom. The van der Waals surface area contributed by atoms with Crippen LogP contribution in [0.4, 0.5) is 11.5 Å². The van der Waals surface area contributed by atoms with E-state index >= 15 is 0 Å². The lowest BCUT2D eigenvalue weighted by atomic mass is 10.2. The van der Waals surface area contributed by atoms with Crippen molar-refractivity contribution in [1.29, 1.82) is 0 Å². The van der Waals surface area contributed by atoms with Gasteiger partial charge >= 0.3 is 0 Å². The molecule has 0 spiro atoms. The molecule has 40 heavy (non-hydrogen) atoms. The lowest BCUT2D eigenvalue weighted by Crippen LogP contribution is -2.38. The highest BCUT2D eigenvalue weighted by Gasteiger charge is 2.20. The first-order chi connectivity index (χ1) is 19.5. The van der Waals surface area contributed by atoms with Gasteiger partial charge in [0.05, 0.1) is 31.5 Å². The van der Waals surface area contributed by atoms with E-state index in [1.165, 1.54) is 0 Å². The molecule has 0 radical (unpaired) electrons. The monoisotopic (exact) mass is 575 g/mol. The van der Waals surface area contributed by atoms with Crippen molar-refractivity contribution in [3.05, 3.63) is 57.7 Å². The number of anilines is 2. The van der Waals surface area contributed by atoms with Crippen molar-refractivity contribution in [2.24, 2.45) is 7.05 Å². The summed E-state index contributed by atoms with van der Waals surface area (Å²) in [4.78, 5) is 7.09. The fourth-order valence-corrected chi connectivity index (χ4v) is 5.96. The van der Waals surface area contributed by atoms with Gasteiger partial charge in [-0.1, -0.05) is 25.2 Å². The molecule has 0 bridgehead atoms. The van der Waals surface area contributed by atoms with E-state index in [2.05, 4.69) is 53.4 Å². The summed E-state index contributed by atoms with van der Waals surface area (Å²) < 4.78 is 14.5. The second kappa shape index (κ2) is 11.2. The molecule has 1 aromatic carbocycles. The smallest absolute Gasteiger partial charge is 0.187 e. The van der Waals surface area contributed by atoms with Crippen LogP contribution in [0.2, 0.25) is 0 Å². The largest absolute Gasteiger partial charge is 0.379 e. The Kier molecular flexibility index (Phi) is 7.49. The number of benzene rings is 1. The third-order valence-electron chi connectivity index (χ3n) is 7.53. The van der Waals surface area contributed by atoms with Gasteiger partial charge in [0.25, 0.3) is 0 Å². The molecule has 208 valence electrons. The highest BCUT2D eigenvalue weighted by Crippen LogP contribution is 2.30. The molecule has 10 nitrogen and oxygen atoms in total. The molecule has 5 heterocycles. The highest BCUT2D eigenvalue weighted by molar-refractivity contribution is 7.72.